The number of nitrogens with zero attached hydrogens (tertiary/aromatic N) is 4. The number of nitrogens with one attached hydrogen (secondary N) is 2. The summed E-state index contributed by atoms with van der Waals surface area (Å²) in [5.41, 5.74) is 3.17. The van der Waals surface area contributed by atoms with E-state index in [2.05, 4.69) is 66.7 Å². The summed E-state index contributed by atoms with van der Waals surface area (Å²) in [6.07, 6.45) is 4.95. The Balaban J connectivity index is 1.57. The molecule has 3 rings (SSSR count). The van der Waals surface area contributed by atoms with E-state index >= 15 is 0 Å². The van der Waals surface area contributed by atoms with Crippen LogP contribution in [0.5, 0.6) is 5.75 Å². The van der Waals surface area contributed by atoms with Crippen molar-refractivity contribution in [3.05, 3.63) is 59.5 Å². The fraction of sp³-hybridized carbons (Fsp3) is 0.458. The van der Waals surface area contributed by atoms with Crippen molar-refractivity contribution < 1.29 is 4.74 Å². The van der Waals surface area contributed by atoms with Crippen LogP contribution in [0.2, 0.25) is 0 Å². The third-order valence-electron chi connectivity index (χ3n) is 5.13. The molecule has 7 nitrogen and oxygen atoms in total. The number of aryl methyl sites for hydroxylation is 2. The van der Waals surface area contributed by atoms with Crippen molar-refractivity contribution in [3.63, 3.8) is 0 Å². The Morgan fingerprint density at radius 2 is 2.03 bits per heavy atom. The van der Waals surface area contributed by atoms with E-state index in [1.807, 2.05) is 28.8 Å². The van der Waals surface area contributed by atoms with Gasteiger partial charge in [-0.05, 0) is 57.4 Å². The van der Waals surface area contributed by atoms with E-state index < -0.39 is 0 Å². The van der Waals surface area contributed by atoms with E-state index in [0.29, 0.717) is 6.54 Å². The van der Waals surface area contributed by atoms with Gasteiger partial charge in [-0.15, -0.1) is 10.2 Å². The maximum absolute atomic E-state index is 6.12. The molecule has 0 bridgehead atoms. The first-order valence-electron chi connectivity index (χ1n) is 11.2. The van der Waals surface area contributed by atoms with Crippen LogP contribution in [-0.2, 0) is 13.0 Å². The molecule has 1 aromatic carbocycles. The summed E-state index contributed by atoms with van der Waals surface area (Å²) >= 11 is 0. The van der Waals surface area contributed by atoms with Gasteiger partial charge in [-0.25, -0.2) is 4.99 Å². The molecule has 0 amide bonds. The molecule has 0 aliphatic rings. The van der Waals surface area contributed by atoms with Gasteiger partial charge in [0, 0.05) is 31.3 Å². The van der Waals surface area contributed by atoms with Crippen LogP contribution in [0.1, 0.15) is 50.6 Å². The highest BCUT2D eigenvalue weighted by Crippen LogP contribution is 2.23. The molecule has 2 N–H and O–H groups in total. The zero-order valence-electron chi connectivity index (χ0n) is 19.1. The first kappa shape index (κ1) is 22.6. The number of ether oxygens (including phenoxy) is 1. The van der Waals surface area contributed by atoms with Crippen molar-refractivity contribution in [3.8, 4) is 5.75 Å². The summed E-state index contributed by atoms with van der Waals surface area (Å²) in [7, 11) is 0. The summed E-state index contributed by atoms with van der Waals surface area (Å²) in [4.78, 5) is 4.77. The Labute approximate surface area is 185 Å². The summed E-state index contributed by atoms with van der Waals surface area (Å²) in [6.45, 7) is 10.6. The van der Waals surface area contributed by atoms with Crippen LogP contribution < -0.4 is 15.4 Å². The van der Waals surface area contributed by atoms with Crippen molar-refractivity contribution in [1.29, 1.82) is 0 Å². The topological polar surface area (TPSA) is 75.8 Å². The number of aliphatic imine (C=N–C) groups is 1. The zero-order valence-corrected chi connectivity index (χ0v) is 19.1. The van der Waals surface area contributed by atoms with E-state index in [1.165, 1.54) is 5.56 Å². The fourth-order valence-corrected chi connectivity index (χ4v) is 3.22. The maximum atomic E-state index is 6.12. The van der Waals surface area contributed by atoms with Gasteiger partial charge in [-0.3, -0.25) is 4.40 Å². The summed E-state index contributed by atoms with van der Waals surface area (Å²) in [5.74, 6) is 2.71. The lowest BCUT2D eigenvalue weighted by Gasteiger charge is -2.17. The van der Waals surface area contributed by atoms with Crippen LogP contribution in [0.15, 0.2) is 47.6 Å². The second kappa shape index (κ2) is 11.3. The van der Waals surface area contributed by atoms with Crippen molar-refractivity contribution in [1.82, 2.24) is 25.2 Å². The van der Waals surface area contributed by atoms with Gasteiger partial charge in [0.25, 0.3) is 0 Å². The number of rotatable bonds is 10. The number of hydrogen-bond donors (Lipinski definition) is 2. The normalized spacial score (nSPS) is 12.7. The highest BCUT2D eigenvalue weighted by Gasteiger charge is 2.09. The van der Waals surface area contributed by atoms with Crippen LogP contribution in [0.25, 0.3) is 5.65 Å². The minimum atomic E-state index is 0.184. The molecular formula is C24H34N6O. The third kappa shape index (κ3) is 6.44. The highest BCUT2D eigenvalue weighted by atomic mass is 16.5. The van der Waals surface area contributed by atoms with E-state index in [1.54, 1.807) is 0 Å². The molecule has 3 aromatic rings. The van der Waals surface area contributed by atoms with E-state index in [-0.39, 0.29) is 6.10 Å². The second-order valence-corrected chi connectivity index (χ2v) is 7.72. The first-order chi connectivity index (χ1) is 15.1. The van der Waals surface area contributed by atoms with Gasteiger partial charge in [0.2, 0.25) is 0 Å². The predicted molar refractivity (Wildman–Crippen MR) is 126 cm³/mol. The molecule has 2 heterocycles. The molecule has 31 heavy (non-hydrogen) atoms. The van der Waals surface area contributed by atoms with Crippen LogP contribution in [0.3, 0.4) is 0 Å². The average Bonchev–Trinajstić information content (AvgIpc) is 3.19. The van der Waals surface area contributed by atoms with Crippen LogP contribution >= 0.6 is 0 Å². The number of guanidine groups is 1. The molecule has 166 valence electrons. The van der Waals surface area contributed by atoms with Gasteiger partial charge in [-0.2, -0.15) is 0 Å². The van der Waals surface area contributed by atoms with Crippen LogP contribution in [0, 0.1) is 6.92 Å². The van der Waals surface area contributed by atoms with Gasteiger partial charge >= 0.3 is 0 Å². The van der Waals surface area contributed by atoms with Crippen molar-refractivity contribution in [2.24, 2.45) is 4.99 Å². The number of pyridine rings is 1. The van der Waals surface area contributed by atoms with E-state index in [0.717, 1.165) is 61.1 Å². The Morgan fingerprint density at radius 1 is 1.16 bits per heavy atom. The summed E-state index contributed by atoms with van der Waals surface area (Å²) < 4.78 is 8.15. The fourth-order valence-electron chi connectivity index (χ4n) is 3.22. The summed E-state index contributed by atoms with van der Waals surface area (Å²) in [5, 5.41) is 15.3. The highest BCUT2D eigenvalue weighted by molar-refractivity contribution is 5.79. The first-order valence-corrected chi connectivity index (χ1v) is 11.2. The molecule has 0 aliphatic carbocycles. The van der Waals surface area contributed by atoms with E-state index in [4.69, 9.17) is 9.73 Å². The van der Waals surface area contributed by atoms with Crippen molar-refractivity contribution in [2.45, 2.75) is 59.6 Å². The van der Waals surface area contributed by atoms with E-state index in [9.17, 15) is 0 Å². The molecule has 0 fully saturated rings. The number of benzene rings is 1. The van der Waals surface area contributed by atoms with Gasteiger partial charge in [0.15, 0.2) is 11.6 Å². The Hall–Kier alpha value is -3.09. The van der Waals surface area contributed by atoms with Crippen LogP contribution in [-0.4, -0.2) is 39.8 Å². The predicted octanol–water partition coefficient (Wildman–Crippen LogP) is 3.90. The zero-order chi connectivity index (χ0) is 22.1. The summed E-state index contributed by atoms with van der Waals surface area (Å²) in [6, 6.07) is 12.3. The SMILES string of the molecule is CCNC(=NCc1ccc(C)cc1OC(C)CC)NCCCc1nnc2ccccn12. The average molecular weight is 423 g/mol. The standard InChI is InChI=1S/C24H34N6O/c1-5-19(4)31-21-16-18(3)12-13-20(21)17-27-24(25-6-2)26-14-9-11-23-29-28-22-10-7-8-15-30(22)23/h7-8,10,12-13,15-16,19H,5-6,9,11,14,17H2,1-4H3,(H2,25,26,27). The lowest BCUT2D eigenvalue weighted by molar-refractivity contribution is 0.215. The molecule has 1 unspecified atom stereocenters. The Kier molecular flexibility index (Phi) is 8.27. The monoisotopic (exact) mass is 422 g/mol. The van der Waals surface area contributed by atoms with Gasteiger partial charge in [0.1, 0.15) is 11.6 Å². The number of hydrogen-bond acceptors (Lipinski definition) is 4. The number of fused-ring (bicyclic) bond motifs is 1. The van der Waals surface area contributed by atoms with Crippen LogP contribution in [0.4, 0.5) is 0 Å². The molecule has 2 aromatic heterocycles. The lowest BCUT2D eigenvalue weighted by atomic mass is 10.1. The molecule has 0 aliphatic heterocycles. The lowest BCUT2D eigenvalue weighted by Crippen LogP contribution is -2.37. The number of aromatic nitrogens is 3. The van der Waals surface area contributed by atoms with Crippen molar-refractivity contribution in [2.75, 3.05) is 13.1 Å². The van der Waals surface area contributed by atoms with Gasteiger partial charge < -0.3 is 15.4 Å². The molecule has 7 heteroatoms. The van der Waals surface area contributed by atoms with Gasteiger partial charge in [-0.1, -0.05) is 25.1 Å². The van der Waals surface area contributed by atoms with Crippen molar-refractivity contribution >= 4 is 11.6 Å². The molecule has 0 spiro atoms. The quantitative estimate of drug-likeness (QED) is 0.294. The molecular weight excluding hydrogens is 388 g/mol. The van der Waals surface area contributed by atoms with Gasteiger partial charge in [0.05, 0.1) is 12.6 Å². The maximum Gasteiger partial charge on any atom is 0.191 e. The molecule has 1 atom stereocenters. The molecule has 0 saturated heterocycles. The Bertz CT molecular complexity index is 997. The minimum Gasteiger partial charge on any atom is -0.490 e. The minimum absolute atomic E-state index is 0.184. The second-order valence-electron chi connectivity index (χ2n) is 7.72. The smallest absolute Gasteiger partial charge is 0.191 e. The Morgan fingerprint density at radius 3 is 2.84 bits per heavy atom. The molecule has 0 radical (unpaired) electrons. The largest absolute Gasteiger partial charge is 0.490 e. The molecule has 0 saturated carbocycles. The third-order valence-corrected chi connectivity index (χ3v) is 5.13.